The van der Waals surface area contributed by atoms with Crippen LogP contribution in [0, 0.1) is 0 Å². The van der Waals surface area contributed by atoms with Gasteiger partial charge >= 0.3 is 0 Å². The summed E-state index contributed by atoms with van der Waals surface area (Å²) in [6, 6.07) is 13.2. The van der Waals surface area contributed by atoms with E-state index in [1.54, 1.807) is 25.0 Å². The third kappa shape index (κ3) is 4.31. The third-order valence-corrected chi connectivity index (χ3v) is 5.13. The van der Waals surface area contributed by atoms with Crippen LogP contribution >= 0.6 is 0 Å². The Morgan fingerprint density at radius 3 is 2.68 bits per heavy atom. The van der Waals surface area contributed by atoms with E-state index in [0.717, 1.165) is 16.9 Å². The van der Waals surface area contributed by atoms with Gasteiger partial charge in [-0.05, 0) is 29.8 Å². The molecule has 11 heteroatoms. The summed E-state index contributed by atoms with van der Waals surface area (Å²) in [5, 5.41) is 4.31. The number of imidazole rings is 1. The van der Waals surface area contributed by atoms with Crippen molar-refractivity contribution in [2.45, 2.75) is 13.0 Å². The van der Waals surface area contributed by atoms with Gasteiger partial charge in [0.25, 0.3) is 0 Å². The number of pyridine rings is 1. The molecule has 0 aliphatic heterocycles. The number of ether oxygens (including phenoxy) is 3. The Bertz CT molecular complexity index is 1410. The number of fused-ring (bicyclic) bond motifs is 1. The van der Waals surface area contributed by atoms with Crippen LogP contribution in [0.4, 0.5) is 5.95 Å². The van der Waals surface area contributed by atoms with Crippen LogP contribution in [-0.2, 0) is 13.0 Å². The van der Waals surface area contributed by atoms with E-state index in [-0.39, 0.29) is 12.6 Å². The number of nitrogens with zero attached hydrogens (tertiary/aromatic N) is 7. The number of hydrogen-bond acceptors (Lipinski definition) is 9. The quantitative estimate of drug-likeness (QED) is 0.373. The summed E-state index contributed by atoms with van der Waals surface area (Å²) in [7, 11) is 3.19. The molecule has 34 heavy (non-hydrogen) atoms. The molecule has 5 aromatic rings. The van der Waals surface area contributed by atoms with E-state index < -0.39 is 0 Å². The molecule has 0 bridgehead atoms. The average molecular weight is 458 g/mol. The van der Waals surface area contributed by atoms with E-state index in [2.05, 4.69) is 25.0 Å². The van der Waals surface area contributed by atoms with Crippen molar-refractivity contribution in [3.05, 3.63) is 78.3 Å². The van der Waals surface area contributed by atoms with Crippen molar-refractivity contribution < 1.29 is 14.2 Å². The molecular formula is C23H22N8O3. The number of nitrogen functional groups attached to an aromatic ring is 1. The minimum absolute atomic E-state index is 0.140. The standard InChI is InChI=1S/C23H22N8O3/c1-32-17-7-6-15(9-18(17)33-2)10-21-28-23(24)29-31(21)20-11-22(26-14-25-20)34-13-16-12-30-8-4-3-5-19(30)27-16/h3-9,11-12,14H,10,13H2,1-2H3,(H2,24,29). The summed E-state index contributed by atoms with van der Waals surface area (Å²) in [6.45, 7) is 0.260. The maximum Gasteiger partial charge on any atom is 0.240 e. The molecule has 0 saturated heterocycles. The minimum atomic E-state index is 0.140. The van der Waals surface area contributed by atoms with Gasteiger partial charge in [-0.1, -0.05) is 12.1 Å². The number of methoxy groups -OCH3 is 2. The highest BCUT2D eigenvalue weighted by Gasteiger charge is 2.15. The highest BCUT2D eigenvalue weighted by atomic mass is 16.5. The molecule has 0 atom stereocenters. The van der Waals surface area contributed by atoms with Crippen LogP contribution < -0.4 is 19.9 Å². The molecule has 5 rings (SSSR count). The smallest absolute Gasteiger partial charge is 0.240 e. The first-order valence-electron chi connectivity index (χ1n) is 10.4. The van der Waals surface area contributed by atoms with E-state index >= 15 is 0 Å². The Morgan fingerprint density at radius 2 is 1.85 bits per heavy atom. The van der Waals surface area contributed by atoms with Crippen molar-refractivity contribution in [1.29, 1.82) is 0 Å². The summed E-state index contributed by atoms with van der Waals surface area (Å²) >= 11 is 0. The molecule has 1 aromatic carbocycles. The van der Waals surface area contributed by atoms with Gasteiger partial charge in [0.1, 0.15) is 24.4 Å². The van der Waals surface area contributed by atoms with Gasteiger partial charge in [-0.2, -0.15) is 9.67 Å². The van der Waals surface area contributed by atoms with E-state index in [1.165, 1.54) is 6.33 Å². The monoisotopic (exact) mass is 458 g/mol. The number of anilines is 1. The minimum Gasteiger partial charge on any atom is -0.493 e. The van der Waals surface area contributed by atoms with E-state index in [4.69, 9.17) is 19.9 Å². The molecule has 11 nitrogen and oxygen atoms in total. The van der Waals surface area contributed by atoms with Crippen LogP contribution in [0.2, 0.25) is 0 Å². The van der Waals surface area contributed by atoms with Crippen molar-refractivity contribution >= 4 is 11.6 Å². The zero-order valence-electron chi connectivity index (χ0n) is 18.6. The first-order valence-corrected chi connectivity index (χ1v) is 10.4. The Kier molecular flexibility index (Phi) is 5.65. The lowest BCUT2D eigenvalue weighted by molar-refractivity contribution is 0.289. The topological polar surface area (TPSA) is 128 Å². The number of hydrogen-bond donors (Lipinski definition) is 1. The predicted octanol–water partition coefficient (Wildman–Crippen LogP) is 2.47. The molecule has 0 aliphatic carbocycles. The summed E-state index contributed by atoms with van der Waals surface area (Å²) in [5.74, 6) is 2.89. The largest absolute Gasteiger partial charge is 0.493 e. The second-order valence-electron chi connectivity index (χ2n) is 7.37. The first-order chi connectivity index (χ1) is 16.6. The predicted molar refractivity (Wildman–Crippen MR) is 123 cm³/mol. The maximum absolute atomic E-state index is 5.91. The van der Waals surface area contributed by atoms with Crippen LogP contribution in [-0.4, -0.2) is 48.3 Å². The van der Waals surface area contributed by atoms with Gasteiger partial charge in [-0.15, -0.1) is 5.10 Å². The molecule has 4 aromatic heterocycles. The highest BCUT2D eigenvalue weighted by Crippen LogP contribution is 2.28. The van der Waals surface area contributed by atoms with Crippen molar-refractivity contribution in [2.24, 2.45) is 0 Å². The number of benzene rings is 1. The van der Waals surface area contributed by atoms with Gasteiger partial charge < -0.3 is 24.3 Å². The maximum atomic E-state index is 5.91. The lowest BCUT2D eigenvalue weighted by Gasteiger charge is -2.10. The number of aromatic nitrogens is 7. The molecule has 0 unspecified atom stereocenters. The van der Waals surface area contributed by atoms with Gasteiger partial charge in [0.05, 0.1) is 19.9 Å². The molecule has 0 amide bonds. The number of nitrogens with two attached hydrogens (primary N) is 1. The van der Waals surface area contributed by atoms with E-state index in [1.807, 2.05) is 53.2 Å². The lowest BCUT2D eigenvalue weighted by Crippen LogP contribution is -2.07. The SMILES string of the molecule is COc1ccc(Cc2nc(N)nn2-c2cc(OCc3cn4ccccc4n3)ncn2)cc1OC. The summed E-state index contributed by atoms with van der Waals surface area (Å²) in [4.78, 5) is 17.4. The van der Waals surface area contributed by atoms with Crippen LogP contribution in [0.1, 0.15) is 17.1 Å². The van der Waals surface area contributed by atoms with Crippen LogP contribution in [0.15, 0.2) is 61.2 Å². The molecule has 0 spiro atoms. The summed E-state index contributed by atoms with van der Waals surface area (Å²) < 4.78 is 20.1. The average Bonchev–Trinajstić information content (AvgIpc) is 3.45. The Labute approximate surface area is 194 Å². The zero-order chi connectivity index (χ0) is 23.5. The molecular weight excluding hydrogens is 436 g/mol. The first kappa shape index (κ1) is 21.2. The van der Waals surface area contributed by atoms with E-state index in [0.29, 0.717) is 35.4 Å². The second-order valence-corrected chi connectivity index (χ2v) is 7.37. The molecule has 0 aliphatic rings. The summed E-state index contributed by atoms with van der Waals surface area (Å²) in [5.41, 5.74) is 8.49. The zero-order valence-corrected chi connectivity index (χ0v) is 18.6. The summed E-state index contributed by atoms with van der Waals surface area (Å²) in [6.07, 6.45) is 5.71. The van der Waals surface area contributed by atoms with Crippen molar-refractivity contribution in [1.82, 2.24) is 34.1 Å². The molecule has 172 valence electrons. The van der Waals surface area contributed by atoms with Crippen molar-refractivity contribution in [3.63, 3.8) is 0 Å². The molecule has 0 fully saturated rings. The van der Waals surface area contributed by atoms with Gasteiger partial charge in [0.15, 0.2) is 17.3 Å². The fourth-order valence-electron chi connectivity index (χ4n) is 3.56. The molecule has 0 radical (unpaired) electrons. The second kappa shape index (κ2) is 9.06. The van der Waals surface area contributed by atoms with Gasteiger partial charge in [0.2, 0.25) is 11.8 Å². The van der Waals surface area contributed by atoms with Crippen molar-refractivity contribution in [3.8, 4) is 23.2 Å². The Balaban J connectivity index is 1.37. The Morgan fingerprint density at radius 1 is 0.971 bits per heavy atom. The Hall–Kier alpha value is -4.67. The van der Waals surface area contributed by atoms with Gasteiger partial charge in [-0.25, -0.2) is 15.0 Å². The van der Waals surface area contributed by atoms with Crippen molar-refractivity contribution in [2.75, 3.05) is 20.0 Å². The van der Waals surface area contributed by atoms with Crippen LogP contribution in [0.3, 0.4) is 0 Å². The molecule has 0 saturated carbocycles. The normalized spacial score (nSPS) is 11.0. The van der Waals surface area contributed by atoms with Crippen LogP contribution in [0.25, 0.3) is 11.5 Å². The fourth-order valence-corrected chi connectivity index (χ4v) is 3.56. The highest BCUT2D eigenvalue weighted by molar-refractivity contribution is 5.44. The molecule has 2 N–H and O–H groups in total. The lowest BCUT2D eigenvalue weighted by atomic mass is 10.1. The van der Waals surface area contributed by atoms with Gasteiger partial charge in [0, 0.05) is 24.9 Å². The van der Waals surface area contributed by atoms with Gasteiger partial charge in [-0.3, -0.25) is 0 Å². The third-order valence-electron chi connectivity index (χ3n) is 5.13. The van der Waals surface area contributed by atoms with E-state index in [9.17, 15) is 0 Å². The number of rotatable bonds is 8. The van der Waals surface area contributed by atoms with Crippen LogP contribution in [0.5, 0.6) is 17.4 Å². The molecule has 4 heterocycles. The fraction of sp³-hybridized carbons (Fsp3) is 0.174.